The van der Waals surface area contributed by atoms with Crippen LogP contribution < -0.4 is 5.32 Å². The van der Waals surface area contributed by atoms with Crippen LogP contribution in [0.1, 0.15) is 59.5 Å². The van der Waals surface area contributed by atoms with Crippen molar-refractivity contribution in [2.75, 3.05) is 0 Å². The van der Waals surface area contributed by atoms with Gasteiger partial charge in [-0.2, -0.15) is 0 Å². The van der Waals surface area contributed by atoms with Gasteiger partial charge in [0, 0.05) is 33.5 Å². The van der Waals surface area contributed by atoms with Gasteiger partial charge in [-0.1, -0.05) is 20.8 Å². The standard InChI is InChI=1S/C23H24BrIN2O3S/c1-23(2,3)13-6-7-16-18(9-13)31-22(27-12-15-10-17(24)20(25)30-15)19(16)21(28)26-11-14-5-4-8-29-14/h4-5,8,10,12-13H,6-7,9,11H2,1-3H3,(H,26,28)/t13-/m1/s1. The topological polar surface area (TPSA) is 67.7 Å². The molecule has 0 saturated heterocycles. The van der Waals surface area contributed by atoms with E-state index >= 15 is 0 Å². The lowest BCUT2D eigenvalue weighted by atomic mass is 9.72. The molecule has 1 aliphatic carbocycles. The number of furan rings is 2. The predicted octanol–water partition coefficient (Wildman–Crippen LogP) is 7.13. The number of carbonyl (C=O) groups is 1. The van der Waals surface area contributed by atoms with Gasteiger partial charge < -0.3 is 14.2 Å². The Labute approximate surface area is 208 Å². The van der Waals surface area contributed by atoms with Gasteiger partial charge in [-0.3, -0.25) is 4.79 Å². The highest BCUT2D eigenvalue weighted by Crippen LogP contribution is 2.45. The zero-order valence-corrected chi connectivity index (χ0v) is 22.2. The molecule has 0 spiro atoms. The van der Waals surface area contributed by atoms with Gasteiger partial charge in [0.05, 0.1) is 29.1 Å². The van der Waals surface area contributed by atoms with E-state index in [1.54, 1.807) is 23.8 Å². The number of amides is 1. The predicted molar refractivity (Wildman–Crippen MR) is 136 cm³/mol. The molecule has 164 valence electrons. The van der Waals surface area contributed by atoms with Crippen molar-refractivity contribution in [2.24, 2.45) is 16.3 Å². The zero-order chi connectivity index (χ0) is 22.2. The number of carbonyl (C=O) groups excluding carboxylic acids is 1. The molecular weight excluding hydrogens is 591 g/mol. The Balaban J connectivity index is 1.65. The van der Waals surface area contributed by atoms with Gasteiger partial charge in [0.2, 0.25) is 0 Å². The fraction of sp³-hybridized carbons (Fsp3) is 0.391. The summed E-state index contributed by atoms with van der Waals surface area (Å²) in [4.78, 5) is 19.1. The SMILES string of the molecule is CC(C)(C)[C@@H]1CCc2c(sc(N=Cc3cc(Br)c(I)o3)c2C(=O)NCc2ccco2)C1. The Bertz CT molecular complexity index is 1090. The molecule has 31 heavy (non-hydrogen) atoms. The second-order valence-corrected chi connectivity index (χ2v) is 11.7. The molecule has 0 unspecified atom stereocenters. The Morgan fingerprint density at radius 3 is 2.90 bits per heavy atom. The van der Waals surface area contributed by atoms with Crippen molar-refractivity contribution < 1.29 is 13.6 Å². The van der Waals surface area contributed by atoms with E-state index in [1.807, 2.05) is 18.2 Å². The van der Waals surface area contributed by atoms with E-state index in [1.165, 1.54) is 4.88 Å². The molecule has 3 aromatic rings. The van der Waals surface area contributed by atoms with E-state index in [4.69, 9.17) is 8.83 Å². The number of hydrogen-bond donors (Lipinski definition) is 1. The van der Waals surface area contributed by atoms with Gasteiger partial charge in [-0.15, -0.1) is 11.3 Å². The maximum absolute atomic E-state index is 13.2. The largest absolute Gasteiger partial charge is 0.467 e. The van der Waals surface area contributed by atoms with Gasteiger partial charge >= 0.3 is 0 Å². The summed E-state index contributed by atoms with van der Waals surface area (Å²) < 4.78 is 12.7. The van der Waals surface area contributed by atoms with Crippen LogP contribution in [0.4, 0.5) is 5.00 Å². The molecule has 1 amide bonds. The Morgan fingerprint density at radius 2 is 2.26 bits per heavy atom. The molecule has 0 bridgehead atoms. The first-order valence-corrected chi connectivity index (χ1v) is 12.8. The third-order valence-corrected chi connectivity index (χ3v) is 8.97. The van der Waals surface area contributed by atoms with Crippen molar-refractivity contribution in [1.29, 1.82) is 0 Å². The number of aliphatic imine (C=N–C) groups is 1. The van der Waals surface area contributed by atoms with E-state index in [0.29, 0.717) is 23.8 Å². The summed E-state index contributed by atoms with van der Waals surface area (Å²) in [5, 5.41) is 3.73. The van der Waals surface area contributed by atoms with E-state index in [-0.39, 0.29) is 11.3 Å². The van der Waals surface area contributed by atoms with Crippen LogP contribution in [-0.4, -0.2) is 12.1 Å². The smallest absolute Gasteiger partial charge is 0.255 e. The number of rotatable bonds is 5. The molecule has 3 heterocycles. The van der Waals surface area contributed by atoms with Gasteiger partial charge in [0.15, 0.2) is 3.77 Å². The van der Waals surface area contributed by atoms with Crippen molar-refractivity contribution in [3.8, 4) is 0 Å². The highest BCUT2D eigenvalue weighted by atomic mass is 127. The summed E-state index contributed by atoms with van der Waals surface area (Å²) in [7, 11) is 0. The zero-order valence-electron chi connectivity index (χ0n) is 17.6. The maximum atomic E-state index is 13.2. The Morgan fingerprint density at radius 1 is 1.45 bits per heavy atom. The molecule has 4 rings (SSSR count). The van der Waals surface area contributed by atoms with Crippen LogP contribution in [0, 0.1) is 15.1 Å². The molecule has 0 aromatic carbocycles. The van der Waals surface area contributed by atoms with Crippen LogP contribution in [0.25, 0.3) is 0 Å². The molecule has 1 aliphatic rings. The molecule has 0 fully saturated rings. The van der Waals surface area contributed by atoms with E-state index in [9.17, 15) is 4.79 Å². The number of nitrogens with zero attached hydrogens (tertiary/aromatic N) is 1. The van der Waals surface area contributed by atoms with Crippen molar-refractivity contribution in [2.45, 2.75) is 46.6 Å². The molecule has 0 saturated carbocycles. The lowest BCUT2D eigenvalue weighted by molar-refractivity contribution is 0.0947. The monoisotopic (exact) mass is 614 g/mol. The fourth-order valence-corrected chi connectivity index (χ4v) is 5.84. The molecule has 8 heteroatoms. The lowest BCUT2D eigenvalue weighted by Crippen LogP contribution is -2.28. The molecule has 0 radical (unpaired) electrons. The van der Waals surface area contributed by atoms with E-state index < -0.39 is 0 Å². The Hall–Kier alpha value is -1.39. The third kappa shape index (κ3) is 5.17. The molecule has 1 atom stereocenters. The average Bonchev–Trinajstić information content (AvgIpc) is 3.42. The summed E-state index contributed by atoms with van der Waals surface area (Å²) in [5.41, 5.74) is 2.07. The first-order chi connectivity index (χ1) is 14.7. The van der Waals surface area contributed by atoms with Crippen LogP contribution in [0.3, 0.4) is 0 Å². The van der Waals surface area contributed by atoms with Gasteiger partial charge in [-0.05, 0) is 64.2 Å². The first kappa shape index (κ1) is 22.8. The quantitative estimate of drug-likeness (QED) is 0.245. The second-order valence-electron chi connectivity index (χ2n) is 8.78. The van der Waals surface area contributed by atoms with Crippen LogP contribution in [0.15, 0.2) is 42.8 Å². The Kier molecular flexibility index (Phi) is 6.79. The summed E-state index contributed by atoms with van der Waals surface area (Å²) in [6.45, 7) is 7.24. The highest BCUT2D eigenvalue weighted by molar-refractivity contribution is 14.1. The summed E-state index contributed by atoms with van der Waals surface area (Å²) in [6, 6.07) is 5.55. The molecule has 3 aromatic heterocycles. The first-order valence-electron chi connectivity index (χ1n) is 10.2. The summed E-state index contributed by atoms with van der Waals surface area (Å²) in [5.74, 6) is 1.87. The van der Waals surface area contributed by atoms with Gasteiger partial charge in [-0.25, -0.2) is 4.99 Å². The fourth-order valence-electron chi connectivity index (χ4n) is 3.85. The van der Waals surface area contributed by atoms with Crippen molar-refractivity contribution in [3.63, 3.8) is 0 Å². The summed E-state index contributed by atoms with van der Waals surface area (Å²) >= 11 is 7.21. The number of nitrogens with one attached hydrogen (secondary N) is 1. The van der Waals surface area contributed by atoms with E-state index in [0.717, 1.165) is 43.8 Å². The second kappa shape index (κ2) is 9.23. The number of hydrogen-bond acceptors (Lipinski definition) is 5. The molecular formula is C23H24BrIN2O3S. The number of halogens is 2. The minimum Gasteiger partial charge on any atom is -0.467 e. The minimum atomic E-state index is -0.106. The number of fused-ring (bicyclic) bond motifs is 1. The van der Waals surface area contributed by atoms with Crippen LogP contribution in [0.5, 0.6) is 0 Å². The lowest BCUT2D eigenvalue weighted by Gasteiger charge is -2.33. The van der Waals surface area contributed by atoms with Crippen molar-refractivity contribution in [1.82, 2.24) is 5.32 Å². The third-order valence-electron chi connectivity index (χ3n) is 5.68. The molecule has 0 aliphatic heterocycles. The highest BCUT2D eigenvalue weighted by Gasteiger charge is 2.33. The van der Waals surface area contributed by atoms with Gasteiger partial charge in [0.25, 0.3) is 5.91 Å². The van der Waals surface area contributed by atoms with Crippen molar-refractivity contribution >= 4 is 67.0 Å². The normalized spacial score (nSPS) is 16.6. The number of thiophene rings is 1. The minimum absolute atomic E-state index is 0.106. The maximum Gasteiger partial charge on any atom is 0.255 e. The van der Waals surface area contributed by atoms with Crippen LogP contribution >= 0.6 is 49.9 Å². The van der Waals surface area contributed by atoms with E-state index in [2.05, 4.69) is 69.6 Å². The van der Waals surface area contributed by atoms with Crippen LogP contribution in [0.2, 0.25) is 0 Å². The molecule has 1 N–H and O–H groups in total. The average molecular weight is 615 g/mol. The van der Waals surface area contributed by atoms with Crippen molar-refractivity contribution in [3.05, 3.63) is 60.2 Å². The summed E-state index contributed by atoms with van der Waals surface area (Å²) in [6.07, 6.45) is 6.27. The van der Waals surface area contributed by atoms with Gasteiger partial charge in [0.1, 0.15) is 16.5 Å². The molecule has 5 nitrogen and oxygen atoms in total. The van der Waals surface area contributed by atoms with Crippen LogP contribution in [-0.2, 0) is 19.4 Å².